The number of aliphatic hydroxyl groups excluding tert-OH is 1. The van der Waals surface area contributed by atoms with Gasteiger partial charge in [0.25, 0.3) is 0 Å². The lowest BCUT2D eigenvalue weighted by atomic mass is 10.3. The average molecular weight is 365 g/mol. The first-order chi connectivity index (χ1) is 12.2. The molecule has 0 amide bonds. The van der Waals surface area contributed by atoms with Crippen LogP contribution < -0.4 is 10.2 Å². The summed E-state index contributed by atoms with van der Waals surface area (Å²) >= 11 is 1.42. The summed E-state index contributed by atoms with van der Waals surface area (Å²) in [5, 5.41) is 9.64. The van der Waals surface area contributed by atoms with Gasteiger partial charge in [-0.2, -0.15) is 0 Å². The summed E-state index contributed by atoms with van der Waals surface area (Å²) in [5.41, 5.74) is 3.82. The quantitative estimate of drug-likeness (QED) is 0.593. The van der Waals surface area contributed by atoms with Crippen molar-refractivity contribution in [1.29, 1.82) is 0 Å². The van der Waals surface area contributed by atoms with Gasteiger partial charge in [-0.15, -0.1) is 0 Å². The zero-order valence-electron chi connectivity index (χ0n) is 13.3. The number of alkyl halides is 1. The van der Waals surface area contributed by atoms with Gasteiger partial charge in [0, 0.05) is 23.2 Å². The molecule has 1 aromatic carbocycles. The van der Waals surface area contributed by atoms with Crippen LogP contribution in [0.3, 0.4) is 0 Å². The Balaban J connectivity index is 1.75. The molecule has 25 heavy (non-hydrogen) atoms. The lowest BCUT2D eigenvalue weighted by Gasteiger charge is -2.12. The Bertz CT molecular complexity index is 860. The van der Waals surface area contributed by atoms with Gasteiger partial charge in [-0.3, -0.25) is 4.84 Å². The first-order valence-corrected chi connectivity index (χ1v) is 8.20. The highest BCUT2D eigenvalue weighted by atomic mass is 32.1. The van der Waals surface area contributed by atoms with Crippen LogP contribution in [0.2, 0.25) is 0 Å². The first kappa shape index (κ1) is 17.3. The molecule has 0 bridgehead atoms. The van der Waals surface area contributed by atoms with Crippen LogP contribution >= 0.6 is 11.3 Å². The maximum atomic E-state index is 12.6. The number of nitrogens with zero attached hydrogens (tertiary/aromatic N) is 2. The Morgan fingerprint density at radius 2 is 2.32 bits per heavy atom. The molecule has 3 rings (SSSR count). The smallest absolute Gasteiger partial charge is 0.220 e. The van der Waals surface area contributed by atoms with E-state index in [1.54, 1.807) is 30.5 Å². The molecule has 9 heteroatoms. The summed E-state index contributed by atoms with van der Waals surface area (Å²) in [6.45, 7) is -1.17. The van der Waals surface area contributed by atoms with Crippen LogP contribution in [-0.2, 0) is 4.84 Å². The number of hydrogen-bond donors (Lipinski definition) is 2. The molecule has 7 nitrogen and oxygen atoms in total. The SMILES string of the molecule is CONc1ncc(C=Cc2nc3ccc(OC(CO)CF)cc3o2)s1. The van der Waals surface area contributed by atoms with Crippen LogP contribution in [0.1, 0.15) is 10.8 Å². The number of hydrogen-bond acceptors (Lipinski definition) is 8. The van der Waals surface area contributed by atoms with Crippen molar-refractivity contribution in [2.45, 2.75) is 6.10 Å². The second kappa shape index (κ2) is 8.06. The molecule has 0 spiro atoms. The standard InChI is InChI=1S/C16H16FN3O4S/c1-22-20-16-18-8-12(25-16)3-5-15-19-13-4-2-10(6-14(13)24-15)23-11(7-17)9-21/h2-6,8,11,21H,7,9H2,1H3,(H,18,20). The molecule has 1 unspecified atom stereocenters. The summed E-state index contributed by atoms with van der Waals surface area (Å²) in [5.74, 6) is 0.833. The van der Waals surface area contributed by atoms with E-state index in [9.17, 15) is 4.39 Å². The van der Waals surface area contributed by atoms with Crippen molar-refractivity contribution in [3.8, 4) is 5.75 Å². The molecule has 2 aromatic heterocycles. The maximum Gasteiger partial charge on any atom is 0.220 e. The lowest BCUT2D eigenvalue weighted by Crippen LogP contribution is -2.23. The Morgan fingerprint density at radius 1 is 1.44 bits per heavy atom. The minimum atomic E-state index is -0.888. The zero-order chi connectivity index (χ0) is 17.6. The van der Waals surface area contributed by atoms with Crippen molar-refractivity contribution in [1.82, 2.24) is 9.97 Å². The maximum absolute atomic E-state index is 12.6. The molecule has 0 aliphatic heterocycles. The van der Waals surface area contributed by atoms with Crippen molar-refractivity contribution in [2.24, 2.45) is 0 Å². The molecular weight excluding hydrogens is 349 g/mol. The van der Waals surface area contributed by atoms with Crippen LogP contribution in [0.5, 0.6) is 5.75 Å². The number of benzene rings is 1. The normalized spacial score (nSPS) is 12.8. The van der Waals surface area contributed by atoms with E-state index < -0.39 is 19.4 Å². The number of aromatic nitrogens is 2. The molecule has 2 heterocycles. The highest BCUT2D eigenvalue weighted by molar-refractivity contribution is 7.16. The Hall–Kier alpha value is -2.49. The highest BCUT2D eigenvalue weighted by Crippen LogP contribution is 2.24. The van der Waals surface area contributed by atoms with Crippen LogP contribution in [0.15, 0.2) is 28.8 Å². The van der Waals surface area contributed by atoms with Crippen LogP contribution in [0.25, 0.3) is 23.3 Å². The van der Waals surface area contributed by atoms with Gasteiger partial charge in [-0.25, -0.2) is 19.8 Å². The number of fused-ring (bicyclic) bond motifs is 1. The number of halogens is 1. The first-order valence-electron chi connectivity index (χ1n) is 7.39. The molecule has 0 saturated carbocycles. The van der Waals surface area contributed by atoms with Gasteiger partial charge in [0.05, 0.1) is 13.7 Å². The molecule has 0 fully saturated rings. The number of ether oxygens (including phenoxy) is 1. The van der Waals surface area contributed by atoms with E-state index >= 15 is 0 Å². The number of aliphatic hydroxyl groups is 1. The van der Waals surface area contributed by atoms with Gasteiger partial charge in [0.1, 0.15) is 24.0 Å². The van der Waals surface area contributed by atoms with Crippen molar-refractivity contribution >= 4 is 39.7 Å². The predicted molar refractivity (Wildman–Crippen MR) is 93.2 cm³/mol. The molecule has 0 radical (unpaired) electrons. The lowest BCUT2D eigenvalue weighted by molar-refractivity contribution is 0.0932. The topological polar surface area (TPSA) is 89.6 Å². The fourth-order valence-electron chi connectivity index (χ4n) is 2.03. The number of oxazole rings is 1. The van der Waals surface area contributed by atoms with Gasteiger partial charge < -0.3 is 14.3 Å². The van der Waals surface area contributed by atoms with Gasteiger partial charge >= 0.3 is 0 Å². The van der Waals surface area contributed by atoms with E-state index in [0.29, 0.717) is 27.9 Å². The van der Waals surface area contributed by atoms with Crippen LogP contribution in [-0.4, -0.2) is 41.6 Å². The predicted octanol–water partition coefficient (Wildman–Crippen LogP) is 3.14. The number of thiazole rings is 1. The average Bonchev–Trinajstić information content (AvgIpc) is 3.24. The molecular formula is C16H16FN3O4S. The summed E-state index contributed by atoms with van der Waals surface area (Å²) in [6.07, 6.45) is 4.36. The molecule has 1 atom stereocenters. The Kier molecular flexibility index (Phi) is 5.59. The largest absolute Gasteiger partial charge is 0.485 e. The number of rotatable bonds is 8. The van der Waals surface area contributed by atoms with E-state index in [-0.39, 0.29) is 0 Å². The van der Waals surface area contributed by atoms with Crippen LogP contribution in [0, 0.1) is 0 Å². The fourth-order valence-corrected chi connectivity index (χ4v) is 2.72. The van der Waals surface area contributed by atoms with E-state index in [2.05, 4.69) is 15.4 Å². The molecule has 3 aromatic rings. The van der Waals surface area contributed by atoms with Crippen molar-refractivity contribution in [2.75, 3.05) is 25.9 Å². The van der Waals surface area contributed by atoms with Crippen LogP contribution in [0.4, 0.5) is 9.52 Å². The minimum absolute atomic E-state index is 0.395. The van der Waals surface area contributed by atoms with E-state index in [1.165, 1.54) is 18.4 Å². The third-order valence-electron chi connectivity index (χ3n) is 3.16. The minimum Gasteiger partial charge on any atom is -0.485 e. The third kappa shape index (κ3) is 4.32. The second-order valence-electron chi connectivity index (χ2n) is 4.97. The molecule has 2 N–H and O–H groups in total. The van der Waals surface area contributed by atoms with Gasteiger partial charge in [0.2, 0.25) is 11.0 Å². The van der Waals surface area contributed by atoms with E-state index in [0.717, 1.165) is 4.88 Å². The zero-order valence-corrected chi connectivity index (χ0v) is 14.1. The number of anilines is 1. The van der Waals surface area contributed by atoms with Crippen molar-refractivity contribution in [3.63, 3.8) is 0 Å². The molecule has 132 valence electrons. The second-order valence-corrected chi connectivity index (χ2v) is 6.03. The highest BCUT2D eigenvalue weighted by Gasteiger charge is 2.11. The monoisotopic (exact) mass is 365 g/mol. The molecule has 0 aliphatic rings. The van der Waals surface area contributed by atoms with Gasteiger partial charge in [0.15, 0.2) is 5.58 Å². The van der Waals surface area contributed by atoms with E-state index in [1.807, 2.05) is 6.08 Å². The summed E-state index contributed by atoms with van der Waals surface area (Å²) in [7, 11) is 1.52. The summed E-state index contributed by atoms with van der Waals surface area (Å²) in [4.78, 5) is 14.2. The number of nitrogens with one attached hydrogen (secondary N) is 1. The molecule has 0 aliphatic carbocycles. The van der Waals surface area contributed by atoms with Gasteiger partial charge in [-0.05, 0) is 18.2 Å². The van der Waals surface area contributed by atoms with Gasteiger partial charge in [-0.1, -0.05) is 11.3 Å². The van der Waals surface area contributed by atoms with E-state index in [4.69, 9.17) is 19.1 Å². The summed E-state index contributed by atoms with van der Waals surface area (Å²) < 4.78 is 23.6. The Labute approximate surface area is 146 Å². The summed E-state index contributed by atoms with van der Waals surface area (Å²) in [6, 6.07) is 4.99. The Morgan fingerprint density at radius 3 is 3.08 bits per heavy atom. The van der Waals surface area contributed by atoms with Crippen molar-refractivity contribution < 1.29 is 23.5 Å². The molecule has 0 saturated heterocycles. The fraction of sp³-hybridized carbons (Fsp3) is 0.250. The third-order valence-corrected chi connectivity index (χ3v) is 4.02. The van der Waals surface area contributed by atoms with Crippen molar-refractivity contribution in [3.05, 3.63) is 35.2 Å².